The van der Waals surface area contributed by atoms with Crippen LogP contribution in [0.2, 0.25) is 5.02 Å². The van der Waals surface area contributed by atoms with Gasteiger partial charge >= 0.3 is 0 Å². The number of pyridine rings is 1. The van der Waals surface area contributed by atoms with Crippen LogP contribution in [0.25, 0.3) is 16.9 Å². The van der Waals surface area contributed by atoms with E-state index in [4.69, 9.17) is 16.3 Å². The van der Waals surface area contributed by atoms with Gasteiger partial charge in [0.2, 0.25) is 17.7 Å². The van der Waals surface area contributed by atoms with Crippen LogP contribution < -0.4 is 20.7 Å². The van der Waals surface area contributed by atoms with Gasteiger partial charge in [-0.25, -0.2) is 14.1 Å². The molecule has 3 heterocycles. The molecule has 3 amide bonds. The molecule has 1 aliphatic rings. The zero-order chi connectivity index (χ0) is 32.2. The molecule has 4 aromatic rings. The SMILES string of the molecule is CCC(=O)Nc1ccc2c(c1)NC(=O)[C@H](C)CCC[C@H](NC(=O)c1cnn(-c3cccc(Cl)c3F)c1C)c1cc(OC)nc-2c1. The maximum atomic E-state index is 14.8. The van der Waals surface area contributed by atoms with Crippen molar-refractivity contribution in [3.63, 3.8) is 0 Å². The van der Waals surface area contributed by atoms with Gasteiger partial charge in [0, 0.05) is 29.7 Å². The molecule has 2 atom stereocenters. The standard InChI is InChI=1S/C33H34ClFN6O4/c1-5-29(42)37-21-12-13-22-26-14-20(15-30(38-26)45-4)25(10-6-8-18(2)32(43)40-27(22)16-21)39-33(44)23-17-36-41(19(23)3)28-11-7-9-24(34)31(28)35/h7,9,11-18,25H,5-6,8,10H2,1-4H3,(H,37,42)(H,39,44)(H,40,43)/t18-,25+/m1/s1. The number of carbonyl (C=O) groups is 3. The van der Waals surface area contributed by atoms with Crippen molar-refractivity contribution in [2.75, 3.05) is 17.7 Å². The highest BCUT2D eigenvalue weighted by atomic mass is 35.5. The Balaban J connectivity index is 1.53. The molecule has 3 N–H and O–H groups in total. The molecule has 0 unspecified atom stereocenters. The van der Waals surface area contributed by atoms with Gasteiger partial charge < -0.3 is 20.7 Å². The number of methoxy groups -OCH3 is 1. The fourth-order valence-electron chi connectivity index (χ4n) is 5.27. The second kappa shape index (κ2) is 13.5. The summed E-state index contributed by atoms with van der Waals surface area (Å²) in [4.78, 5) is 43.6. The molecule has 10 nitrogen and oxygen atoms in total. The highest BCUT2D eigenvalue weighted by Gasteiger charge is 2.25. The van der Waals surface area contributed by atoms with E-state index >= 15 is 0 Å². The van der Waals surface area contributed by atoms with E-state index in [1.807, 2.05) is 13.0 Å². The third-order valence-electron chi connectivity index (χ3n) is 7.89. The van der Waals surface area contributed by atoms with E-state index < -0.39 is 17.8 Å². The Kier molecular flexibility index (Phi) is 9.48. The lowest BCUT2D eigenvalue weighted by Crippen LogP contribution is -2.29. The van der Waals surface area contributed by atoms with E-state index in [0.29, 0.717) is 59.9 Å². The second-order valence-electron chi connectivity index (χ2n) is 11.0. The second-order valence-corrected chi connectivity index (χ2v) is 11.4. The molecular formula is C33H34ClFN6O4. The van der Waals surface area contributed by atoms with Crippen molar-refractivity contribution >= 4 is 40.7 Å². The van der Waals surface area contributed by atoms with Crippen molar-refractivity contribution in [2.45, 2.75) is 52.5 Å². The zero-order valence-corrected chi connectivity index (χ0v) is 26.2. The van der Waals surface area contributed by atoms with Gasteiger partial charge in [-0.05, 0) is 61.7 Å². The maximum Gasteiger partial charge on any atom is 0.255 e. The number of amides is 3. The van der Waals surface area contributed by atoms with Crippen LogP contribution in [0.4, 0.5) is 15.8 Å². The maximum absolute atomic E-state index is 14.8. The molecule has 45 heavy (non-hydrogen) atoms. The molecule has 0 fully saturated rings. The number of fused-ring (bicyclic) bond motifs is 4. The first kappa shape index (κ1) is 31.6. The van der Waals surface area contributed by atoms with Gasteiger partial charge in [0.05, 0.1) is 47.0 Å². The summed E-state index contributed by atoms with van der Waals surface area (Å²) in [6.07, 6.45) is 3.44. The van der Waals surface area contributed by atoms with E-state index in [2.05, 4.69) is 26.0 Å². The molecule has 5 rings (SSSR count). The van der Waals surface area contributed by atoms with Crippen LogP contribution in [0, 0.1) is 18.7 Å². The quantitative estimate of drug-likeness (QED) is 0.219. The van der Waals surface area contributed by atoms with E-state index in [-0.39, 0.29) is 34.0 Å². The number of nitrogens with one attached hydrogen (secondary N) is 3. The van der Waals surface area contributed by atoms with Crippen LogP contribution in [0.5, 0.6) is 5.88 Å². The van der Waals surface area contributed by atoms with E-state index in [9.17, 15) is 18.8 Å². The first-order valence-electron chi connectivity index (χ1n) is 14.7. The summed E-state index contributed by atoms with van der Waals surface area (Å²) in [6, 6.07) is 13.0. The first-order chi connectivity index (χ1) is 21.6. The van der Waals surface area contributed by atoms with Crippen LogP contribution in [0.15, 0.2) is 54.7 Å². The van der Waals surface area contributed by atoms with Crippen molar-refractivity contribution in [2.24, 2.45) is 5.92 Å². The summed E-state index contributed by atoms with van der Waals surface area (Å²) in [5.74, 6) is -1.34. The summed E-state index contributed by atoms with van der Waals surface area (Å²) in [5.41, 5.74) is 3.79. The average molecular weight is 633 g/mol. The topological polar surface area (TPSA) is 127 Å². The lowest BCUT2D eigenvalue weighted by atomic mass is 9.94. The van der Waals surface area contributed by atoms with Crippen molar-refractivity contribution in [1.82, 2.24) is 20.1 Å². The number of nitrogens with zero attached hydrogens (tertiary/aromatic N) is 3. The molecule has 2 bridgehead atoms. The molecule has 12 heteroatoms. The molecule has 0 spiro atoms. The van der Waals surface area contributed by atoms with Gasteiger partial charge in [-0.1, -0.05) is 37.9 Å². The Hall–Kier alpha value is -4.77. The minimum atomic E-state index is -0.633. The molecule has 0 aliphatic carbocycles. The molecule has 0 radical (unpaired) electrons. The number of anilines is 2. The summed E-state index contributed by atoms with van der Waals surface area (Å²) >= 11 is 5.98. The van der Waals surface area contributed by atoms with Crippen molar-refractivity contribution in [3.8, 4) is 22.8 Å². The van der Waals surface area contributed by atoms with Gasteiger partial charge in [0.25, 0.3) is 5.91 Å². The molecule has 234 valence electrons. The molecule has 1 aliphatic heterocycles. The monoisotopic (exact) mass is 632 g/mol. The van der Waals surface area contributed by atoms with E-state index in [0.717, 1.165) is 5.56 Å². The molecule has 0 saturated heterocycles. The number of ether oxygens (including phenoxy) is 1. The number of carbonyl (C=O) groups excluding carboxylic acids is 3. The highest BCUT2D eigenvalue weighted by Crippen LogP contribution is 2.35. The first-order valence-corrected chi connectivity index (χ1v) is 15.1. The number of benzene rings is 2. The Morgan fingerprint density at radius 2 is 1.98 bits per heavy atom. The molecule has 0 saturated carbocycles. The highest BCUT2D eigenvalue weighted by molar-refractivity contribution is 6.30. The van der Waals surface area contributed by atoms with Gasteiger partial charge in [-0.3, -0.25) is 14.4 Å². The van der Waals surface area contributed by atoms with Gasteiger partial charge in [0.15, 0.2) is 5.82 Å². The number of aromatic nitrogens is 3. The van der Waals surface area contributed by atoms with Crippen LogP contribution in [-0.4, -0.2) is 39.6 Å². The Morgan fingerprint density at radius 1 is 1.18 bits per heavy atom. The average Bonchev–Trinajstić information content (AvgIpc) is 3.41. The number of hydrogen-bond donors (Lipinski definition) is 3. The van der Waals surface area contributed by atoms with E-state index in [1.165, 1.54) is 30.1 Å². The summed E-state index contributed by atoms with van der Waals surface area (Å²) in [6.45, 7) is 5.30. The fraction of sp³-hybridized carbons (Fsp3) is 0.303. The number of halogens is 2. The minimum Gasteiger partial charge on any atom is -0.481 e. The van der Waals surface area contributed by atoms with Crippen molar-refractivity contribution in [3.05, 3.63) is 82.4 Å². The van der Waals surface area contributed by atoms with Gasteiger partial charge in [0.1, 0.15) is 5.69 Å². The van der Waals surface area contributed by atoms with Crippen LogP contribution in [0.1, 0.15) is 67.2 Å². The van der Waals surface area contributed by atoms with Crippen LogP contribution in [-0.2, 0) is 9.59 Å². The Bertz CT molecular complexity index is 1770. The van der Waals surface area contributed by atoms with Gasteiger partial charge in [-0.15, -0.1) is 0 Å². The predicted octanol–water partition coefficient (Wildman–Crippen LogP) is 6.62. The summed E-state index contributed by atoms with van der Waals surface area (Å²) < 4.78 is 21.6. The third kappa shape index (κ3) is 6.83. The number of hydrogen-bond acceptors (Lipinski definition) is 6. The lowest BCUT2D eigenvalue weighted by molar-refractivity contribution is -0.119. The Morgan fingerprint density at radius 3 is 2.73 bits per heavy atom. The fourth-order valence-corrected chi connectivity index (χ4v) is 5.44. The third-order valence-corrected chi connectivity index (χ3v) is 8.18. The van der Waals surface area contributed by atoms with Gasteiger partial charge in [-0.2, -0.15) is 5.10 Å². The zero-order valence-electron chi connectivity index (χ0n) is 25.4. The summed E-state index contributed by atoms with van der Waals surface area (Å²) in [5, 5.41) is 13.2. The van der Waals surface area contributed by atoms with Crippen LogP contribution >= 0.6 is 11.6 Å². The van der Waals surface area contributed by atoms with Crippen LogP contribution in [0.3, 0.4) is 0 Å². The predicted molar refractivity (Wildman–Crippen MR) is 170 cm³/mol. The largest absolute Gasteiger partial charge is 0.481 e. The summed E-state index contributed by atoms with van der Waals surface area (Å²) in [7, 11) is 1.51. The molecular weight excluding hydrogens is 599 g/mol. The van der Waals surface area contributed by atoms with Crippen molar-refractivity contribution in [1.29, 1.82) is 0 Å². The minimum absolute atomic E-state index is 0.0459. The Labute approximate surface area is 265 Å². The number of rotatable bonds is 6. The molecule has 2 aromatic heterocycles. The van der Waals surface area contributed by atoms with E-state index in [1.54, 1.807) is 44.2 Å². The normalized spacial score (nSPS) is 16.4. The molecule has 2 aromatic carbocycles. The lowest BCUT2D eigenvalue weighted by Gasteiger charge is -2.23. The van der Waals surface area contributed by atoms with Crippen molar-refractivity contribution < 1.29 is 23.5 Å². The smallest absolute Gasteiger partial charge is 0.255 e.